The highest BCUT2D eigenvalue weighted by atomic mass is 14.1. The predicted octanol–water partition coefficient (Wildman–Crippen LogP) is 8.40. The van der Waals surface area contributed by atoms with E-state index in [-0.39, 0.29) is 0 Å². The number of hydrogen-bond acceptors (Lipinski definition) is 0. The van der Waals surface area contributed by atoms with E-state index >= 15 is 0 Å². The molecule has 0 aromatic heterocycles. The molecule has 0 saturated carbocycles. The molecular weight excluding hydrogens is 324 g/mol. The van der Waals surface area contributed by atoms with Gasteiger partial charge in [0.25, 0.3) is 0 Å². The second-order valence-corrected chi connectivity index (χ2v) is 6.53. The lowest BCUT2D eigenvalue weighted by atomic mass is 9.92. The average Bonchev–Trinajstić information content (AvgIpc) is 2.68. The molecule has 0 aliphatic heterocycles. The van der Waals surface area contributed by atoms with Crippen molar-refractivity contribution in [2.24, 2.45) is 0 Å². The first-order valence-electron chi connectivity index (χ1n) is 9.91. The Kier molecular flexibility index (Phi) is 10.6. The van der Waals surface area contributed by atoms with Crippen LogP contribution < -0.4 is 0 Å². The van der Waals surface area contributed by atoms with E-state index < -0.39 is 0 Å². The van der Waals surface area contributed by atoms with Crippen molar-refractivity contribution in [3.05, 3.63) is 114 Å². The first kappa shape index (κ1) is 22.4. The highest BCUT2D eigenvalue weighted by Gasteiger charge is 2.08. The molecule has 0 atom stereocenters. The van der Waals surface area contributed by atoms with Crippen LogP contribution >= 0.6 is 0 Å². The van der Waals surface area contributed by atoms with Gasteiger partial charge in [-0.05, 0) is 60.1 Å². The molecule has 0 spiro atoms. The van der Waals surface area contributed by atoms with Crippen LogP contribution in [-0.2, 0) is 0 Å². The summed E-state index contributed by atoms with van der Waals surface area (Å²) in [5, 5.41) is 0. The third kappa shape index (κ3) is 7.66. The summed E-state index contributed by atoms with van der Waals surface area (Å²) in [7, 11) is 0. The van der Waals surface area contributed by atoms with Gasteiger partial charge in [0.1, 0.15) is 0 Å². The molecular formula is C27H34. The highest BCUT2D eigenvalue weighted by molar-refractivity contribution is 5.82. The Balaban J connectivity index is 3.65. The lowest BCUT2D eigenvalue weighted by Crippen LogP contribution is -1.92. The second kappa shape index (κ2) is 12.7. The minimum atomic E-state index is 0.996. The molecule has 0 saturated heterocycles. The summed E-state index contributed by atoms with van der Waals surface area (Å²) in [4.78, 5) is 0. The van der Waals surface area contributed by atoms with Gasteiger partial charge in [-0.15, -0.1) is 0 Å². The summed E-state index contributed by atoms with van der Waals surface area (Å²) in [6.07, 6.45) is 18.2. The van der Waals surface area contributed by atoms with E-state index in [4.69, 9.17) is 0 Å². The van der Waals surface area contributed by atoms with E-state index in [0.29, 0.717) is 0 Å². The molecule has 27 heavy (non-hydrogen) atoms. The van der Waals surface area contributed by atoms with Crippen molar-refractivity contribution in [1.82, 2.24) is 0 Å². The zero-order chi connectivity index (χ0) is 20.1. The van der Waals surface area contributed by atoms with Crippen molar-refractivity contribution >= 4 is 5.57 Å². The maximum atomic E-state index is 4.28. The minimum Gasteiger partial charge on any atom is -0.0955 e. The molecule has 0 radical (unpaired) electrons. The van der Waals surface area contributed by atoms with Crippen LogP contribution in [0.1, 0.15) is 52.5 Å². The molecule has 0 aliphatic carbocycles. The summed E-state index contributed by atoms with van der Waals surface area (Å²) in [6.45, 7) is 17.0. The largest absolute Gasteiger partial charge is 0.0955 e. The number of rotatable bonds is 10. The van der Waals surface area contributed by atoms with Crippen LogP contribution in [0.5, 0.6) is 0 Å². The molecule has 142 valence electrons. The maximum Gasteiger partial charge on any atom is -0.0112 e. The van der Waals surface area contributed by atoms with Crippen LogP contribution in [0.15, 0.2) is 108 Å². The molecule has 0 aliphatic rings. The van der Waals surface area contributed by atoms with E-state index in [1.807, 2.05) is 6.07 Å². The summed E-state index contributed by atoms with van der Waals surface area (Å²) in [6, 6.07) is 10.5. The van der Waals surface area contributed by atoms with Gasteiger partial charge in [0.2, 0.25) is 0 Å². The third-order valence-corrected chi connectivity index (χ3v) is 4.11. The van der Waals surface area contributed by atoms with Gasteiger partial charge < -0.3 is 0 Å². The fraction of sp³-hybridized carbons (Fsp3) is 0.259. The van der Waals surface area contributed by atoms with Crippen LogP contribution in [0.2, 0.25) is 0 Å². The molecule has 0 bridgehead atoms. The molecule has 0 nitrogen and oxygen atoms in total. The van der Waals surface area contributed by atoms with E-state index in [1.165, 1.54) is 11.1 Å². The van der Waals surface area contributed by atoms with Gasteiger partial charge in [-0.25, -0.2) is 0 Å². The first-order chi connectivity index (χ1) is 13.0. The zero-order valence-electron chi connectivity index (χ0n) is 17.5. The topological polar surface area (TPSA) is 0 Å². The number of benzene rings is 1. The van der Waals surface area contributed by atoms with Gasteiger partial charge in [0.05, 0.1) is 0 Å². The molecule has 0 fully saturated rings. The van der Waals surface area contributed by atoms with Crippen LogP contribution in [0, 0.1) is 0 Å². The normalized spacial score (nSPS) is 13.6. The SMILES string of the molecule is C=C(C)C(C=C(C=CCC)C(=C)C=CCC)=C(C=CCC)c1ccccc1. The Hall–Kier alpha value is -2.60. The zero-order valence-corrected chi connectivity index (χ0v) is 17.5. The van der Waals surface area contributed by atoms with Gasteiger partial charge in [0, 0.05) is 0 Å². The van der Waals surface area contributed by atoms with Crippen LogP contribution in [0.4, 0.5) is 0 Å². The third-order valence-electron chi connectivity index (χ3n) is 4.11. The van der Waals surface area contributed by atoms with Crippen molar-refractivity contribution in [1.29, 1.82) is 0 Å². The van der Waals surface area contributed by atoms with Gasteiger partial charge in [-0.3, -0.25) is 0 Å². The number of hydrogen-bond donors (Lipinski definition) is 0. The molecule has 0 amide bonds. The number of allylic oxidation sites excluding steroid dienone is 12. The van der Waals surface area contributed by atoms with E-state index in [1.54, 1.807) is 0 Å². The van der Waals surface area contributed by atoms with Gasteiger partial charge in [-0.2, -0.15) is 0 Å². The molecule has 1 rings (SSSR count). The fourth-order valence-electron chi connectivity index (χ4n) is 2.63. The maximum absolute atomic E-state index is 4.28. The van der Waals surface area contributed by atoms with Crippen molar-refractivity contribution in [3.63, 3.8) is 0 Å². The standard InChI is InChI=1S/C27H34/c1-7-10-16-23(6)25(17-11-8-2)21-27(22(4)5)26(20-12-9-3)24-18-14-13-15-19-24/h10-21H,4,6-9H2,1-3,5H3. The van der Waals surface area contributed by atoms with E-state index in [9.17, 15) is 0 Å². The van der Waals surface area contributed by atoms with Crippen LogP contribution in [0.3, 0.4) is 0 Å². The monoisotopic (exact) mass is 358 g/mol. The van der Waals surface area contributed by atoms with Gasteiger partial charge in [-0.1, -0.05) is 106 Å². The summed E-state index contributed by atoms with van der Waals surface area (Å²) in [5.41, 5.74) is 6.73. The molecule has 0 heterocycles. The van der Waals surface area contributed by atoms with Crippen molar-refractivity contribution < 1.29 is 0 Å². The Morgan fingerprint density at radius 2 is 1.37 bits per heavy atom. The van der Waals surface area contributed by atoms with Crippen LogP contribution in [0.25, 0.3) is 5.57 Å². The smallest absolute Gasteiger partial charge is 0.0112 e. The summed E-state index contributed by atoms with van der Waals surface area (Å²) >= 11 is 0. The Morgan fingerprint density at radius 3 is 1.93 bits per heavy atom. The second-order valence-electron chi connectivity index (χ2n) is 6.53. The van der Waals surface area contributed by atoms with Gasteiger partial charge >= 0.3 is 0 Å². The predicted molar refractivity (Wildman–Crippen MR) is 124 cm³/mol. The molecule has 0 N–H and O–H groups in total. The highest BCUT2D eigenvalue weighted by Crippen LogP contribution is 2.28. The molecule has 1 aromatic carbocycles. The van der Waals surface area contributed by atoms with Gasteiger partial charge in [0.15, 0.2) is 0 Å². The lowest BCUT2D eigenvalue weighted by Gasteiger charge is -2.13. The Morgan fingerprint density at radius 1 is 0.815 bits per heavy atom. The average molecular weight is 359 g/mol. The van der Waals surface area contributed by atoms with Crippen molar-refractivity contribution in [2.75, 3.05) is 0 Å². The van der Waals surface area contributed by atoms with E-state index in [0.717, 1.165) is 41.6 Å². The minimum absolute atomic E-state index is 0.996. The molecule has 0 heteroatoms. The Bertz CT molecular complexity index is 762. The summed E-state index contributed by atoms with van der Waals surface area (Å²) < 4.78 is 0. The fourth-order valence-corrected chi connectivity index (χ4v) is 2.63. The lowest BCUT2D eigenvalue weighted by molar-refractivity contribution is 1.21. The Labute approximate surface area is 166 Å². The quantitative estimate of drug-likeness (QED) is 0.368. The summed E-state index contributed by atoms with van der Waals surface area (Å²) in [5.74, 6) is 0. The van der Waals surface area contributed by atoms with Crippen LogP contribution in [-0.4, -0.2) is 0 Å². The van der Waals surface area contributed by atoms with Crippen molar-refractivity contribution in [3.8, 4) is 0 Å². The molecule has 1 aromatic rings. The molecule has 0 unspecified atom stereocenters. The first-order valence-corrected chi connectivity index (χ1v) is 9.91. The van der Waals surface area contributed by atoms with E-state index in [2.05, 4.69) is 108 Å². The van der Waals surface area contributed by atoms with Crippen molar-refractivity contribution in [2.45, 2.75) is 47.0 Å².